The molecule has 2 saturated heterocycles. The molecule has 1 saturated carbocycles. The van der Waals surface area contributed by atoms with E-state index in [9.17, 15) is 4.79 Å². The summed E-state index contributed by atoms with van der Waals surface area (Å²) in [5.74, 6) is 2.08. The fourth-order valence-corrected chi connectivity index (χ4v) is 5.43. The molecule has 3 fully saturated rings. The molecule has 7 heteroatoms. The van der Waals surface area contributed by atoms with E-state index >= 15 is 0 Å². The van der Waals surface area contributed by atoms with E-state index in [1.54, 1.807) is 4.90 Å². The van der Waals surface area contributed by atoms with Crippen molar-refractivity contribution in [1.29, 1.82) is 5.26 Å². The molecule has 3 aliphatic heterocycles. The SMILES string of the molecule is N#CN1CC[C@H](C(=O)N2CCc3cc(C4CCCC5NNCC54)cnc32)C1. The number of hydrogen-bond acceptors (Lipinski definition) is 6. The van der Waals surface area contributed by atoms with E-state index in [1.165, 1.54) is 30.4 Å². The zero-order valence-electron chi connectivity index (χ0n) is 15.5. The number of nitriles is 1. The van der Waals surface area contributed by atoms with Crippen molar-refractivity contribution in [2.75, 3.05) is 31.1 Å². The first-order valence-corrected chi connectivity index (χ1v) is 10.2. The van der Waals surface area contributed by atoms with E-state index in [0.717, 1.165) is 25.2 Å². The number of likely N-dealkylation sites (tertiary alicyclic amines) is 1. The topological polar surface area (TPSA) is 84.3 Å². The lowest BCUT2D eigenvalue weighted by molar-refractivity contribution is -0.121. The zero-order chi connectivity index (χ0) is 18.4. The number of fused-ring (bicyclic) bond motifs is 2. The zero-order valence-corrected chi connectivity index (χ0v) is 15.5. The van der Waals surface area contributed by atoms with Gasteiger partial charge in [0, 0.05) is 38.4 Å². The summed E-state index contributed by atoms with van der Waals surface area (Å²) in [5.41, 5.74) is 9.29. The molecule has 0 radical (unpaired) electrons. The minimum atomic E-state index is -0.0770. The molecule has 4 aliphatic rings. The van der Waals surface area contributed by atoms with Crippen LogP contribution in [0.5, 0.6) is 0 Å². The second-order valence-electron chi connectivity index (χ2n) is 8.36. The summed E-state index contributed by atoms with van der Waals surface area (Å²) < 4.78 is 0. The van der Waals surface area contributed by atoms with Crippen molar-refractivity contribution in [3.8, 4) is 6.19 Å². The molecule has 0 spiro atoms. The maximum absolute atomic E-state index is 12.9. The van der Waals surface area contributed by atoms with Crippen molar-refractivity contribution in [1.82, 2.24) is 20.7 Å². The Kier molecular flexibility index (Phi) is 4.25. The van der Waals surface area contributed by atoms with Crippen molar-refractivity contribution in [2.45, 2.75) is 44.1 Å². The van der Waals surface area contributed by atoms with Gasteiger partial charge in [0.1, 0.15) is 5.82 Å². The second-order valence-corrected chi connectivity index (χ2v) is 8.36. The van der Waals surface area contributed by atoms with Crippen LogP contribution < -0.4 is 15.8 Å². The molecule has 1 aromatic rings. The van der Waals surface area contributed by atoms with Gasteiger partial charge in [0.2, 0.25) is 5.91 Å². The first-order valence-electron chi connectivity index (χ1n) is 10.2. The van der Waals surface area contributed by atoms with Crippen LogP contribution in [0.1, 0.15) is 42.7 Å². The predicted molar refractivity (Wildman–Crippen MR) is 101 cm³/mol. The third-order valence-corrected chi connectivity index (χ3v) is 6.89. The Morgan fingerprint density at radius 1 is 1.30 bits per heavy atom. The van der Waals surface area contributed by atoms with Gasteiger partial charge >= 0.3 is 0 Å². The van der Waals surface area contributed by atoms with Crippen molar-refractivity contribution in [2.24, 2.45) is 11.8 Å². The van der Waals surface area contributed by atoms with Crippen LogP contribution in [0.25, 0.3) is 0 Å². The molecule has 0 bridgehead atoms. The number of carbonyl (C=O) groups is 1. The van der Waals surface area contributed by atoms with Crippen LogP contribution in [0.4, 0.5) is 5.82 Å². The summed E-state index contributed by atoms with van der Waals surface area (Å²) in [6, 6.07) is 2.87. The highest BCUT2D eigenvalue weighted by molar-refractivity contribution is 5.96. The van der Waals surface area contributed by atoms with Crippen LogP contribution >= 0.6 is 0 Å². The smallest absolute Gasteiger partial charge is 0.233 e. The van der Waals surface area contributed by atoms with Crippen molar-refractivity contribution >= 4 is 11.7 Å². The maximum atomic E-state index is 12.9. The highest BCUT2D eigenvalue weighted by atomic mass is 16.2. The molecule has 5 rings (SSSR count). The van der Waals surface area contributed by atoms with Gasteiger partial charge in [-0.3, -0.25) is 20.5 Å². The lowest BCUT2D eigenvalue weighted by Crippen LogP contribution is -2.36. The number of hydrazine groups is 1. The largest absolute Gasteiger partial charge is 0.310 e. The number of anilines is 1. The van der Waals surface area contributed by atoms with Crippen molar-refractivity contribution < 1.29 is 4.79 Å². The monoisotopic (exact) mass is 366 g/mol. The number of hydrogen-bond donors (Lipinski definition) is 2. The van der Waals surface area contributed by atoms with Crippen LogP contribution in [0.3, 0.4) is 0 Å². The van der Waals surface area contributed by atoms with E-state index < -0.39 is 0 Å². The van der Waals surface area contributed by atoms with Crippen LogP contribution in [0, 0.1) is 23.3 Å². The summed E-state index contributed by atoms with van der Waals surface area (Å²) in [4.78, 5) is 21.2. The molecule has 7 nitrogen and oxygen atoms in total. The predicted octanol–water partition coefficient (Wildman–Crippen LogP) is 1.13. The van der Waals surface area contributed by atoms with E-state index in [4.69, 9.17) is 10.2 Å². The molecule has 1 aliphatic carbocycles. The average molecular weight is 366 g/mol. The van der Waals surface area contributed by atoms with E-state index in [2.05, 4.69) is 23.1 Å². The Hall–Kier alpha value is -2.17. The van der Waals surface area contributed by atoms with Crippen LogP contribution in [-0.2, 0) is 11.2 Å². The molecular weight excluding hydrogens is 340 g/mol. The second kappa shape index (κ2) is 6.77. The van der Waals surface area contributed by atoms with Gasteiger partial charge < -0.3 is 4.90 Å². The lowest BCUT2D eigenvalue weighted by Gasteiger charge is -2.33. The van der Waals surface area contributed by atoms with Gasteiger partial charge in [-0.2, -0.15) is 5.26 Å². The van der Waals surface area contributed by atoms with Gasteiger partial charge in [0.25, 0.3) is 0 Å². The summed E-state index contributed by atoms with van der Waals surface area (Å²) in [5, 5.41) is 9.04. The van der Waals surface area contributed by atoms with Crippen molar-refractivity contribution in [3.63, 3.8) is 0 Å². The molecule has 1 aromatic heterocycles. The van der Waals surface area contributed by atoms with Gasteiger partial charge in [-0.05, 0) is 48.6 Å². The minimum absolute atomic E-state index is 0.0770. The summed E-state index contributed by atoms with van der Waals surface area (Å²) in [7, 11) is 0. The molecule has 4 atom stereocenters. The number of nitrogens with zero attached hydrogens (tertiary/aromatic N) is 4. The number of pyridine rings is 1. The van der Waals surface area contributed by atoms with E-state index in [-0.39, 0.29) is 11.8 Å². The van der Waals surface area contributed by atoms with Gasteiger partial charge in [0.05, 0.1) is 5.92 Å². The third kappa shape index (κ3) is 2.88. The minimum Gasteiger partial charge on any atom is -0.310 e. The number of aromatic nitrogens is 1. The van der Waals surface area contributed by atoms with Gasteiger partial charge in [0.15, 0.2) is 6.19 Å². The van der Waals surface area contributed by atoms with Gasteiger partial charge in [-0.15, -0.1) is 0 Å². The highest BCUT2D eigenvalue weighted by Crippen LogP contribution is 2.40. The molecule has 4 heterocycles. The molecule has 0 aromatic carbocycles. The molecular formula is C20H26N6O. The maximum Gasteiger partial charge on any atom is 0.233 e. The third-order valence-electron chi connectivity index (χ3n) is 6.89. The number of nitrogens with one attached hydrogen (secondary N) is 2. The van der Waals surface area contributed by atoms with E-state index in [0.29, 0.717) is 37.5 Å². The average Bonchev–Trinajstić information content (AvgIpc) is 3.45. The fourth-order valence-electron chi connectivity index (χ4n) is 5.43. The fraction of sp³-hybridized carbons (Fsp3) is 0.650. The van der Waals surface area contributed by atoms with Gasteiger partial charge in [-0.1, -0.05) is 12.5 Å². The quantitative estimate of drug-likeness (QED) is 0.764. The first kappa shape index (κ1) is 17.0. The van der Waals surface area contributed by atoms with Crippen LogP contribution in [0.2, 0.25) is 0 Å². The lowest BCUT2D eigenvalue weighted by atomic mass is 9.74. The normalized spacial score (nSPS) is 32.3. The summed E-state index contributed by atoms with van der Waals surface area (Å²) >= 11 is 0. The van der Waals surface area contributed by atoms with Crippen LogP contribution in [0.15, 0.2) is 12.3 Å². The number of carbonyl (C=O) groups excluding carboxylic acids is 1. The summed E-state index contributed by atoms with van der Waals surface area (Å²) in [6.45, 7) is 2.97. The highest BCUT2D eigenvalue weighted by Gasteiger charge is 2.39. The molecule has 3 unspecified atom stereocenters. The van der Waals surface area contributed by atoms with Crippen molar-refractivity contribution in [3.05, 3.63) is 23.4 Å². The Morgan fingerprint density at radius 2 is 2.22 bits per heavy atom. The molecule has 142 valence electrons. The standard InChI is InChI=1S/C20H26N6O/c21-12-25-6-4-14(11-25)20(27)26-7-5-13-8-15(9-22-19(13)26)16-2-1-3-18-17(16)10-23-24-18/h8-9,14,16-18,23-24H,1-7,10-11H2/t14-,16?,17?,18?/m0/s1. The number of amides is 1. The Morgan fingerprint density at radius 3 is 3.07 bits per heavy atom. The Bertz CT molecular complexity index is 789. The first-order chi connectivity index (χ1) is 13.2. The Balaban J connectivity index is 1.35. The Labute approximate surface area is 159 Å². The number of rotatable bonds is 2. The van der Waals surface area contributed by atoms with Gasteiger partial charge in [-0.25, -0.2) is 4.98 Å². The van der Waals surface area contributed by atoms with E-state index in [1.807, 2.05) is 11.1 Å². The molecule has 2 N–H and O–H groups in total. The van der Waals surface area contributed by atoms with Crippen LogP contribution in [-0.4, -0.2) is 48.0 Å². The summed E-state index contributed by atoms with van der Waals surface area (Å²) in [6.07, 6.45) is 9.53. The molecule has 27 heavy (non-hydrogen) atoms. The molecule has 1 amide bonds.